The summed E-state index contributed by atoms with van der Waals surface area (Å²) in [4.78, 5) is 144. The summed E-state index contributed by atoms with van der Waals surface area (Å²) >= 11 is 7.80. The number of rotatable bonds is 27. The van der Waals surface area contributed by atoms with Gasteiger partial charge in [0.15, 0.2) is 5.72 Å². The number of fused-ring (bicyclic) bond motifs is 5. The highest BCUT2D eigenvalue weighted by Gasteiger charge is 2.64. The molecule has 30 heteroatoms. The van der Waals surface area contributed by atoms with Crippen molar-refractivity contribution < 1.29 is 86.6 Å². The molecule has 10 atom stereocenters. The number of alkyl carbamates (subject to hydrolysis) is 1. The van der Waals surface area contributed by atoms with E-state index in [2.05, 4.69) is 31.9 Å². The van der Waals surface area contributed by atoms with Crippen molar-refractivity contribution >= 4 is 94.3 Å². The molecule has 1 saturated carbocycles. The molecule has 1 aliphatic carbocycles. The zero-order valence-corrected chi connectivity index (χ0v) is 53.2. The van der Waals surface area contributed by atoms with Crippen molar-refractivity contribution in [1.29, 1.82) is 0 Å². The standard InChI is InChI=1S/C59H87ClN10O18S/c1-32-12-11-14-43(85-8)59(83)27-41(86-57(82)68-59)33(2)52-58(4,88-52)44(26-49(75)70(6)39-23-36(22-32)24-40(84-7)51(39)60)87-56(81)34(3)69(5)48(74)19-21-89-42(25-50(76)77)55(80)66-29-35-15-17-37(18-16-35)54(79)63-20-10-9-13-38(53(62)78)67-47(73)31-65-46(72)30-64-45(71)28-61/h11-12,14,23-24,33-35,37-38,41-44,52,83H,9-10,13,15-22,25-31,61H2,1-8H3,(H2,62,78)(H,63,79)(H,64,71)(H,65,72)(H,66,80)(H,67,73)(H,68,82)(H,76,77)/b14-11+,32-12+/t33-,34+,35?,37?,38?,41+,42?,43-,44+,52+,58+,59+/m1/s1. The van der Waals surface area contributed by atoms with Gasteiger partial charge in [-0.25, -0.2) is 9.59 Å². The number of hydrogen-bond acceptors (Lipinski definition) is 19. The first-order valence-corrected chi connectivity index (χ1v) is 31.0. The van der Waals surface area contributed by atoms with E-state index in [9.17, 15) is 63.0 Å². The second-order valence-electron chi connectivity index (χ2n) is 23.1. The summed E-state index contributed by atoms with van der Waals surface area (Å²) in [5.74, 6) is -7.04. The number of thioether (sulfide) groups is 1. The highest BCUT2D eigenvalue weighted by atomic mass is 35.5. The lowest BCUT2D eigenvalue weighted by Crippen LogP contribution is -2.63. The molecule has 2 unspecified atom stereocenters. The molecule has 3 aliphatic heterocycles. The van der Waals surface area contributed by atoms with Crippen molar-refractivity contribution in [2.24, 2.45) is 29.2 Å². The summed E-state index contributed by atoms with van der Waals surface area (Å²) in [6.07, 6.45) is 2.71. The first kappa shape index (κ1) is 72.7. The Kier molecular flexibility index (Phi) is 27.5. The summed E-state index contributed by atoms with van der Waals surface area (Å²) in [5.41, 5.74) is 9.28. The molecule has 2 saturated heterocycles. The molecule has 494 valence electrons. The Morgan fingerprint density at radius 1 is 0.989 bits per heavy atom. The number of epoxide rings is 1. The fourth-order valence-electron chi connectivity index (χ4n) is 10.9. The quantitative estimate of drug-likeness (QED) is 0.0332. The number of aliphatic hydroxyl groups is 1. The van der Waals surface area contributed by atoms with Crippen molar-refractivity contribution in [3.63, 3.8) is 0 Å². The zero-order chi connectivity index (χ0) is 65.9. The lowest BCUT2D eigenvalue weighted by atomic mass is 9.81. The minimum atomic E-state index is -1.92. The number of allylic oxidation sites excluding steroid dienone is 3. The number of likely N-dealkylation sites (N-methyl/N-ethyl adjacent to an activating group) is 1. The van der Waals surface area contributed by atoms with E-state index < -0.39 is 138 Å². The van der Waals surface area contributed by atoms with Gasteiger partial charge in [0.1, 0.15) is 46.8 Å². The minimum Gasteiger partial charge on any atom is -0.495 e. The van der Waals surface area contributed by atoms with Crippen molar-refractivity contribution in [1.82, 2.24) is 36.8 Å². The van der Waals surface area contributed by atoms with Crippen LogP contribution in [0.15, 0.2) is 35.9 Å². The molecule has 1 aromatic rings. The number of nitrogens with two attached hydrogens (primary N) is 2. The minimum absolute atomic E-state index is 0.0111. The maximum Gasteiger partial charge on any atom is 0.409 e. The SMILES string of the molecule is COc1cc2cc(c1Cl)N(C)C(=O)C[C@H](OC(=O)[C@H](C)N(C)C(=O)CCSC(CC(=O)O)C(=O)NCC1CCC(C(=O)NCCCCC(NC(=O)CNC(=O)CNC(=O)CN)C(N)=O)CC1)[C@]1(C)O[C@H]1[C@H](C)[C@@H]1C[C@@](O)(NC(=O)O1)[C@H](OC)/C=C/C=C(\C)C2. The van der Waals surface area contributed by atoms with E-state index in [-0.39, 0.29) is 67.4 Å². The number of nitrogens with zero attached hydrogens (tertiary/aromatic N) is 2. The maximum absolute atomic E-state index is 14.4. The summed E-state index contributed by atoms with van der Waals surface area (Å²) in [6, 6.07) is 1.25. The van der Waals surface area contributed by atoms with E-state index in [1.54, 1.807) is 38.1 Å². The average molecular weight is 1290 g/mol. The third-order valence-electron chi connectivity index (χ3n) is 16.6. The van der Waals surface area contributed by atoms with Crippen molar-refractivity contribution in [2.45, 2.75) is 158 Å². The smallest absolute Gasteiger partial charge is 0.409 e. The highest BCUT2D eigenvalue weighted by molar-refractivity contribution is 8.00. The molecule has 4 bridgehead atoms. The van der Waals surface area contributed by atoms with E-state index in [1.165, 1.54) is 40.1 Å². The predicted molar refractivity (Wildman–Crippen MR) is 326 cm³/mol. The van der Waals surface area contributed by atoms with Gasteiger partial charge in [0.05, 0.1) is 56.6 Å². The molecule has 3 fully saturated rings. The molecular formula is C59H87ClN10O18S. The molecule has 3 heterocycles. The third-order valence-corrected chi connectivity index (χ3v) is 18.2. The zero-order valence-electron chi connectivity index (χ0n) is 51.6. The van der Waals surface area contributed by atoms with Gasteiger partial charge in [-0.15, -0.1) is 11.8 Å². The number of anilines is 1. The number of carboxylic acids is 1. The van der Waals surface area contributed by atoms with Crippen LogP contribution >= 0.6 is 23.4 Å². The summed E-state index contributed by atoms with van der Waals surface area (Å²) in [7, 11) is 5.75. The average Bonchev–Trinajstić information content (AvgIpc) is 1.72. The predicted octanol–water partition coefficient (Wildman–Crippen LogP) is 0.851. The number of halogens is 1. The number of carbonyl (C=O) groups is 11. The molecule has 4 aliphatic rings. The Balaban J connectivity index is 1.12. The Bertz CT molecular complexity index is 2820. The van der Waals surface area contributed by atoms with Crippen LogP contribution in [0.3, 0.4) is 0 Å². The van der Waals surface area contributed by atoms with E-state index >= 15 is 0 Å². The number of carbonyl (C=O) groups excluding carboxylic acids is 10. The topological polar surface area (TPSA) is 408 Å². The van der Waals surface area contributed by atoms with Gasteiger partial charge in [0.2, 0.25) is 47.3 Å². The van der Waals surface area contributed by atoms with Gasteiger partial charge in [0, 0.05) is 64.7 Å². The molecule has 1 aromatic carbocycles. The Morgan fingerprint density at radius 3 is 2.33 bits per heavy atom. The molecule has 28 nitrogen and oxygen atoms in total. The Hall–Kier alpha value is -7.05. The molecule has 12 N–H and O–H groups in total. The van der Waals surface area contributed by atoms with E-state index in [4.69, 9.17) is 46.8 Å². The van der Waals surface area contributed by atoms with Crippen LogP contribution in [-0.4, -0.2) is 200 Å². The number of aliphatic carboxylic acids is 1. The number of nitrogens with one attached hydrogen (secondary N) is 6. The first-order chi connectivity index (χ1) is 42.0. The number of benzene rings is 1. The number of unbranched alkanes of at least 4 members (excludes halogenated alkanes) is 1. The largest absolute Gasteiger partial charge is 0.495 e. The molecule has 0 radical (unpaired) electrons. The third kappa shape index (κ3) is 21.0. The van der Waals surface area contributed by atoms with Crippen LogP contribution in [0.2, 0.25) is 5.02 Å². The lowest BCUT2D eigenvalue weighted by Gasteiger charge is -2.42. The van der Waals surface area contributed by atoms with Crippen LogP contribution < -0.4 is 53.0 Å². The molecule has 89 heavy (non-hydrogen) atoms. The maximum atomic E-state index is 14.4. The molecular weight excluding hydrogens is 1200 g/mol. The molecule has 0 aromatic heterocycles. The van der Waals surface area contributed by atoms with Crippen LogP contribution in [0.1, 0.15) is 104 Å². The normalized spacial score (nSPS) is 26.3. The van der Waals surface area contributed by atoms with Crippen molar-refractivity contribution in [2.75, 3.05) is 71.7 Å². The van der Waals surface area contributed by atoms with Crippen LogP contribution in [0, 0.1) is 17.8 Å². The van der Waals surface area contributed by atoms with E-state index in [1.807, 2.05) is 13.0 Å². The van der Waals surface area contributed by atoms with Gasteiger partial charge < -0.3 is 81.7 Å². The lowest BCUT2D eigenvalue weighted by molar-refractivity contribution is -0.162. The fourth-order valence-corrected chi connectivity index (χ4v) is 12.3. The van der Waals surface area contributed by atoms with Crippen LogP contribution in [0.25, 0.3) is 0 Å². The van der Waals surface area contributed by atoms with E-state index in [0.717, 1.165) is 27.8 Å². The van der Waals surface area contributed by atoms with Gasteiger partial charge in [-0.1, -0.05) is 42.3 Å². The number of esters is 1. The molecule has 5 rings (SSSR count). The number of hydrogen-bond donors (Lipinski definition) is 10. The number of methoxy groups -OCH3 is 2. The summed E-state index contributed by atoms with van der Waals surface area (Å²) in [5, 5.41) is 36.0. The van der Waals surface area contributed by atoms with Gasteiger partial charge in [-0.2, -0.15) is 0 Å². The molecule has 0 spiro atoms. The van der Waals surface area contributed by atoms with Gasteiger partial charge >= 0.3 is 18.0 Å². The van der Waals surface area contributed by atoms with Gasteiger partial charge in [0.25, 0.3) is 0 Å². The van der Waals surface area contributed by atoms with Gasteiger partial charge in [-0.05, 0) is 95.8 Å². The van der Waals surface area contributed by atoms with Crippen molar-refractivity contribution in [3.8, 4) is 5.75 Å². The number of primary amides is 1. The monoisotopic (exact) mass is 1290 g/mol. The van der Waals surface area contributed by atoms with Gasteiger partial charge in [-0.3, -0.25) is 48.5 Å². The Labute approximate surface area is 526 Å². The van der Waals surface area contributed by atoms with Crippen LogP contribution in [-0.2, 0) is 73.3 Å². The second-order valence-corrected chi connectivity index (χ2v) is 24.8. The van der Waals surface area contributed by atoms with Crippen LogP contribution in [0.4, 0.5) is 10.5 Å². The fraction of sp³-hybridized carbons (Fsp3) is 0.644. The Morgan fingerprint density at radius 2 is 1.67 bits per heavy atom. The highest BCUT2D eigenvalue weighted by Crippen LogP contribution is 2.49. The number of amides is 9. The second kappa shape index (κ2) is 33.7. The molecule has 9 amide bonds. The van der Waals surface area contributed by atoms with Crippen LogP contribution in [0.5, 0.6) is 5.75 Å². The summed E-state index contributed by atoms with van der Waals surface area (Å²) in [6.45, 7) is 6.14. The number of carboxylic acid groups (broad SMARTS) is 1. The van der Waals surface area contributed by atoms with Crippen molar-refractivity contribution in [3.05, 3.63) is 46.5 Å². The first-order valence-electron chi connectivity index (χ1n) is 29.6. The summed E-state index contributed by atoms with van der Waals surface area (Å²) < 4.78 is 29.4. The van der Waals surface area contributed by atoms with E-state index in [0.29, 0.717) is 62.9 Å². The number of ether oxygens (including phenoxy) is 5.